The average molecular weight is 234 g/mol. The number of amides is 1. The topological polar surface area (TPSA) is 41.5 Å². The van der Waals surface area contributed by atoms with Gasteiger partial charge < -0.3 is 0 Å². The smallest absolute Gasteiger partial charge is 0.249 e. The van der Waals surface area contributed by atoms with E-state index in [4.69, 9.17) is 0 Å². The van der Waals surface area contributed by atoms with Crippen molar-refractivity contribution in [1.29, 1.82) is 0 Å². The van der Waals surface area contributed by atoms with Crippen molar-refractivity contribution in [2.75, 3.05) is 5.75 Å². The van der Waals surface area contributed by atoms with Crippen molar-refractivity contribution in [2.45, 2.75) is 12.8 Å². The highest BCUT2D eigenvalue weighted by Gasteiger charge is 2.29. The van der Waals surface area contributed by atoms with Crippen LogP contribution in [0.15, 0.2) is 35.4 Å². The summed E-state index contributed by atoms with van der Waals surface area (Å²) >= 11 is 4.17. The highest BCUT2D eigenvalue weighted by Crippen LogP contribution is 2.19. The van der Waals surface area contributed by atoms with Crippen LogP contribution in [0.4, 0.5) is 0 Å². The van der Waals surface area contributed by atoms with Crippen LogP contribution in [-0.2, 0) is 4.79 Å². The Morgan fingerprint density at radius 3 is 2.75 bits per heavy atom. The molecule has 2 rings (SSSR count). The number of rotatable bonds is 4. The quantitative estimate of drug-likeness (QED) is 0.767. The van der Waals surface area contributed by atoms with Crippen molar-refractivity contribution >= 4 is 24.2 Å². The van der Waals surface area contributed by atoms with Crippen molar-refractivity contribution in [2.24, 2.45) is 11.0 Å². The number of benzene rings is 1. The highest BCUT2D eigenvalue weighted by atomic mass is 32.1. The Bertz CT molecular complexity index is 403. The molecule has 16 heavy (non-hydrogen) atoms. The van der Waals surface area contributed by atoms with E-state index in [2.05, 4.69) is 23.2 Å². The fourth-order valence-corrected chi connectivity index (χ4v) is 2.02. The van der Waals surface area contributed by atoms with Crippen LogP contribution in [0.25, 0.3) is 0 Å². The molecule has 0 saturated carbocycles. The average Bonchev–Trinajstić information content (AvgIpc) is 2.69. The number of hydrazone groups is 1. The van der Waals surface area contributed by atoms with Crippen LogP contribution in [-0.4, -0.2) is 17.4 Å². The van der Waals surface area contributed by atoms with Gasteiger partial charge in [0.05, 0.1) is 11.6 Å². The van der Waals surface area contributed by atoms with Crippen molar-refractivity contribution < 1.29 is 4.79 Å². The lowest BCUT2D eigenvalue weighted by atomic mass is 9.93. The van der Waals surface area contributed by atoms with Gasteiger partial charge in [-0.1, -0.05) is 30.3 Å². The molecule has 1 atom stereocenters. The van der Waals surface area contributed by atoms with Gasteiger partial charge in [-0.25, -0.2) is 5.43 Å². The first kappa shape index (κ1) is 11.2. The molecular formula is C12H14N2OS. The molecule has 0 fully saturated rings. The molecule has 84 valence electrons. The lowest BCUT2D eigenvalue weighted by molar-refractivity contribution is -0.122. The Kier molecular flexibility index (Phi) is 3.62. The maximum absolute atomic E-state index is 11.6. The standard InChI is InChI=1S/C12H14N2OS/c15-12-10(7-4-8-16)11(13-14-12)9-5-2-1-3-6-9/h1-3,5-6,10,16H,4,7-8H2,(H,14,15). The number of carbonyl (C=O) groups is 1. The SMILES string of the molecule is O=C1NN=C(c2ccccc2)C1CCCS. The van der Waals surface area contributed by atoms with Gasteiger partial charge in [0.1, 0.15) is 0 Å². The van der Waals surface area contributed by atoms with Crippen molar-refractivity contribution in [3.05, 3.63) is 35.9 Å². The second-order valence-corrected chi connectivity index (χ2v) is 4.20. The van der Waals surface area contributed by atoms with Gasteiger partial charge in [0, 0.05) is 0 Å². The number of hydrogen-bond acceptors (Lipinski definition) is 3. The van der Waals surface area contributed by atoms with E-state index in [0.29, 0.717) is 0 Å². The van der Waals surface area contributed by atoms with Gasteiger partial charge in [-0.3, -0.25) is 4.79 Å². The molecule has 3 nitrogen and oxygen atoms in total. The van der Waals surface area contributed by atoms with E-state index >= 15 is 0 Å². The summed E-state index contributed by atoms with van der Waals surface area (Å²) in [5.41, 5.74) is 4.42. The molecule has 0 radical (unpaired) electrons. The molecule has 4 heteroatoms. The molecule has 0 spiro atoms. The second kappa shape index (κ2) is 5.16. The lowest BCUT2D eigenvalue weighted by Gasteiger charge is -2.09. The minimum atomic E-state index is -0.116. The fraction of sp³-hybridized carbons (Fsp3) is 0.333. The van der Waals surface area contributed by atoms with Crippen LogP contribution in [0.5, 0.6) is 0 Å². The number of nitrogens with one attached hydrogen (secondary N) is 1. The van der Waals surface area contributed by atoms with Crippen LogP contribution < -0.4 is 5.43 Å². The Morgan fingerprint density at radius 2 is 2.06 bits per heavy atom. The summed E-state index contributed by atoms with van der Waals surface area (Å²) in [5, 5.41) is 4.11. The number of thiol groups is 1. The first-order valence-corrected chi connectivity index (χ1v) is 6.00. The Hall–Kier alpha value is -1.29. The molecule has 1 heterocycles. The minimum absolute atomic E-state index is 0.000589. The van der Waals surface area contributed by atoms with E-state index in [1.54, 1.807) is 0 Å². The first-order chi connectivity index (χ1) is 7.83. The molecule has 0 aromatic heterocycles. The Balaban J connectivity index is 2.17. The molecule has 1 aliphatic heterocycles. The van der Waals surface area contributed by atoms with Gasteiger partial charge in [-0.05, 0) is 24.2 Å². The highest BCUT2D eigenvalue weighted by molar-refractivity contribution is 7.80. The van der Waals surface area contributed by atoms with Crippen LogP contribution in [0.1, 0.15) is 18.4 Å². The van der Waals surface area contributed by atoms with Crippen molar-refractivity contribution in [1.82, 2.24) is 5.43 Å². The number of hydrogen-bond donors (Lipinski definition) is 2. The minimum Gasteiger partial charge on any atom is -0.272 e. The first-order valence-electron chi connectivity index (χ1n) is 5.36. The van der Waals surface area contributed by atoms with Gasteiger partial charge >= 0.3 is 0 Å². The van der Waals surface area contributed by atoms with Gasteiger partial charge in [0.15, 0.2) is 0 Å². The van der Waals surface area contributed by atoms with Crippen LogP contribution in [0.2, 0.25) is 0 Å². The summed E-state index contributed by atoms with van der Waals surface area (Å²) in [4.78, 5) is 11.6. The third-order valence-electron chi connectivity index (χ3n) is 2.65. The fourth-order valence-electron chi connectivity index (χ4n) is 1.83. The van der Waals surface area contributed by atoms with Gasteiger partial charge in [0.25, 0.3) is 0 Å². The summed E-state index contributed by atoms with van der Waals surface area (Å²) in [5.74, 6) is 0.682. The van der Waals surface area contributed by atoms with E-state index in [1.165, 1.54) is 0 Å². The van der Waals surface area contributed by atoms with Gasteiger partial charge in [-0.2, -0.15) is 17.7 Å². The van der Waals surface area contributed by atoms with E-state index in [9.17, 15) is 4.79 Å². The van der Waals surface area contributed by atoms with E-state index in [0.717, 1.165) is 29.9 Å². The van der Waals surface area contributed by atoms with E-state index in [1.807, 2.05) is 30.3 Å². The van der Waals surface area contributed by atoms with Crippen LogP contribution >= 0.6 is 12.6 Å². The maximum atomic E-state index is 11.6. The molecule has 1 unspecified atom stereocenters. The second-order valence-electron chi connectivity index (χ2n) is 3.76. The third-order valence-corrected chi connectivity index (χ3v) is 2.97. The molecule has 1 aliphatic rings. The third kappa shape index (κ3) is 2.27. The zero-order valence-corrected chi connectivity index (χ0v) is 9.78. The molecule has 1 amide bonds. The predicted molar refractivity (Wildman–Crippen MR) is 67.7 cm³/mol. The van der Waals surface area contributed by atoms with Crippen LogP contribution in [0.3, 0.4) is 0 Å². The molecule has 1 N–H and O–H groups in total. The Morgan fingerprint density at radius 1 is 1.31 bits per heavy atom. The summed E-state index contributed by atoms with van der Waals surface area (Å²) < 4.78 is 0. The summed E-state index contributed by atoms with van der Waals surface area (Å²) in [6, 6.07) is 9.82. The summed E-state index contributed by atoms with van der Waals surface area (Å²) in [7, 11) is 0. The molecule has 1 aromatic rings. The molecule has 0 saturated heterocycles. The van der Waals surface area contributed by atoms with E-state index in [-0.39, 0.29) is 11.8 Å². The van der Waals surface area contributed by atoms with Crippen LogP contribution in [0, 0.1) is 5.92 Å². The Labute approximate surface area is 100 Å². The summed E-state index contributed by atoms with van der Waals surface area (Å²) in [6.07, 6.45) is 1.73. The van der Waals surface area contributed by atoms with Crippen molar-refractivity contribution in [3.8, 4) is 0 Å². The lowest BCUT2D eigenvalue weighted by Crippen LogP contribution is -2.23. The predicted octanol–water partition coefficient (Wildman–Crippen LogP) is 1.85. The molecular weight excluding hydrogens is 220 g/mol. The molecule has 0 aliphatic carbocycles. The van der Waals surface area contributed by atoms with E-state index < -0.39 is 0 Å². The normalized spacial score (nSPS) is 19.4. The zero-order chi connectivity index (χ0) is 11.4. The number of nitrogens with zero attached hydrogens (tertiary/aromatic N) is 1. The van der Waals surface area contributed by atoms with Gasteiger partial charge in [0.2, 0.25) is 5.91 Å². The summed E-state index contributed by atoms with van der Waals surface area (Å²) in [6.45, 7) is 0. The van der Waals surface area contributed by atoms with Gasteiger partial charge in [-0.15, -0.1) is 0 Å². The maximum Gasteiger partial charge on any atom is 0.249 e. The number of carbonyl (C=O) groups excluding carboxylic acids is 1. The van der Waals surface area contributed by atoms with Crippen molar-refractivity contribution in [3.63, 3.8) is 0 Å². The largest absolute Gasteiger partial charge is 0.272 e. The molecule has 1 aromatic carbocycles. The molecule has 0 bridgehead atoms. The monoisotopic (exact) mass is 234 g/mol. The zero-order valence-electron chi connectivity index (χ0n) is 8.89.